The van der Waals surface area contributed by atoms with Crippen molar-refractivity contribution >= 4 is 6.03 Å². The van der Waals surface area contributed by atoms with Crippen molar-refractivity contribution in [2.24, 2.45) is 0 Å². The molecule has 28 heavy (non-hydrogen) atoms. The number of nitrogens with zero attached hydrogens (tertiary/aromatic N) is 2. The van der Waals surface area contributed by atoms with Crippen molar-refractivity contribution in [2.75, 3.05) is 7.05 Å². The normalized spacial score (nSPS) is 19.7. The van der Waals surface area contributed by atoms with Gasteiger partial charge in [-0.1, -0.05) is 30.3 Å². The highest BCUT2D eigenvalue weighted by molar-refractivity contribution is 5.73. The monoisotopic (exact) mass is 381 g/mol. The number of rotatable bonds is 4. The number of hydrogen-bond acceptors (Lipinski definition) is 5. The zero-order valence-corrected chi connectivity index (χ0v) is 16.0. The molecule has 0 saturated carbocycles. The van der Waals surface area contributed by atoms with Crippen LogP contribution < -0.4 is 10.1 Å². The van der Waals surface area contributed by atoms with Crippen molar-refractivity contribution in [1.29, 1.82) is 5.26 Å². The quantitative estimate of drug-likeness (QED) is 0.794. The predicted molar refractivity (Wildman–Crippen MR) is 102 cm³/mol. The number of nitriles is 1. The highest BCUT2D eigenvalue weighted by Gasteiger charge is 2.47. The molecule has 7 nitrogen and oxygen atoms in total. The first-order chi connectivity index (χ1) is 13.4. The van der Waals surface area contributed by atoms with Gasteiger partial charge in [0.05, 0.1) is 11.6 Å². The molecule has 0 radical (unpaired) electrons. The molecule has 2 N–H and O–H groups in total. The molecule has 0 aromatic heterocycles. The van der Waals surface area contributed by atoms with Crippen LogP contribution in [0.1, 0.15) is 36.6 Å². The van der Waals surface area contributed by atoms with Gasteiger partial charge in [-0.05, 0) is 37.6 Å². The van der Waals surface area contributed by atoms with Gasteiger partial charge in [0.2, 0.25) is 0 Å². The smallest absolute Gasteiger partial charge is 0.341 e. The molecule has 146 valence electrons. The van der Waals surface area contributed by atoms with Gasteiger partial charge in [0, 0.05) is 12.6 Å². The van der Waals surface area contributed by atoms with Crippen LogP contribution in [-0.4, -0.2) is 35.0 Å². The minimum atomic E-state index is -1.08. The van der Waals surface area contributed by atoms with Crippen LogP contribution in [0.2, 0.25) is 0 Å². The van der Waals surface area contributed by atoms with E-state index >= 15 is 0 Å². The van der Waals surface area contributed by atoms with Gasteiger partial charge in [-0.25, -0.2) is 4.79 Å². The number of hydrogen-bond donors (Lipinski definition) is 2. The topological polar surface area (TPSA) is 94.8 Å². The number of benzene rings is 2. The van der Waals surface area contributed by atoms with E-state index in [1.807, 2.05) is 30.3 Å². The molecule has 1 aliphatic rings. The number of aliphatic hydroxyl groups excluding tert-OH is 1. The van der Waals surface area contributed by atoms with Gasteiger partial charge >= 0.3 is 6.03 Å². The molecule has 1 heterocycles. The number of aliphatic hydroxyl groups is 1. The lowest BCUT2D eigenvalue weighted by Crippen LogP contribution is -2.55. The molecule has 0 bridgehead atoms. The summed E-state index contributed by atoms with van der Waals surface area (Å²) in [6.45, 7) is 3.63. The van der Waals surface area contributed by atoms with Crippen LogP contribution >= 0.6 is 0 Å². The van der Waals surface area contributed by atoms with Crippen molar-refractivity contribution in [3.8, 4) is 11.8 Å². The third kappa shape index (κ3) is 3.79. The standard InChI is InChI=1S/C21H23N3O4/c1-21(2)19(25)18(16-11-15(12-22)9-10-17(16)28-21)24(20(26)23-3)27-13-14-7-5-4-6-8-14/h4-11,18-19,25H,13H2,1-3H3,(H,23,26)/t18-,19+/m0/s1. The van der Waals surface area contributed by atoms with Gasteiger partial charge in [0.15, 0.2) is 0 Å². The van der Waals surface area contributed by atoms with E-state index in [0.29, 0.717) is 16.9 Å². The molecule has 7 heteroatoms. The highest BCUT2D eigenvalue weighted by atomic mass is 16.7. The second-order valence-corrected chi connectivity index (χ2v) is 7.10. The Labute approximate surface area is 164 Å². The van der Waals surface area contributed by atoms with Gasteiger partial charge in [0.1, 0.15) is 30.1 Å². The highest BCUT2D eigenvalue weighted by Crippen LogP contribution is 2.43. The van der Waals surface area contributed by atoms with E-state index in [0.717, 1.165) is 10.6 Å². The molecule has 3 rings (SSSR count). The maximum absolute atomic E-state index is 12.6. The fraction of sp³-hybridized carbons (Fsp3) is 0.333. The molecule has 1 aliphatic heterocycles. The molecular formula is C21H23N3O4. The number of carbonyl (C=O) groups is 1. The molecule has 2 aromatic rings. The second-order valence-electron chi connectivity index (χ2n) is 7.10. The van der Waals surface area contributed by atoms with E-state index in [1.54, 1.807) is 32.0 Å². The zero-order valence-electron chi connectivity index (χ0n) is 16.0. The van der Waals surface area contributed by atoms with Crippen molar-refractivity contribution in [3.63, 3.8) is 0 Å². The molecule has 0 aliphatic carbocycles. The second kappa shape index (κ2) is 7.89. The van der Waals surface area contributed by atoms with Crippen LogP contribution in [0.15, 0.2) is 48.5 Å². The summed E-state index contributed by atoms with van der Waals surface area (Å²) >= 11 is 0. The van der Waals surface area contributed by atoms with Crippen LogP contribution in [0.25, 0.3) is 0 Å². The fourth-order valence-corrected chi connectivity index (χ4v) is 3.18. The van der Waals surface area contributed by atoms with Crippen LogP contribution in [-0.2, 0) is 11.4 Å². The molecule has 0 unspecified atom stereocenters. The molecule has 2 atom stereocenters. The van der Waals surface area contributed by atoms with Gasteiger partial charge in [-0.3, -0.25) is 4.84 Å². The van der Waals surface area contributed by atoms with E-state index in [4.69, 9.17) is 9.57 Å². The van der Waals surface area contributed by atoms with Crippen LogP contribution in [0.4, 0.5) is 4.79 Å². The lowest BCUT2D eigenvalue weighted by atomic mass is 9.85. The van der Waals surface area contributed by atoms with Crippen LogP contribution in [0, 0.1) is 11.3 Å². The summed E-state index contributed by atoms with van der Waals surface area (Å²) < 4.78 is 5.91. The lowest BCUT2D eigenvalue weighted by Gasteiger charge is -2.45. The molecule has 0 saturated heterocycles. The van der Waals surface area contributed by atoms with E-state index in [1.165, 1.54) is 7.05 Å². The molecule has 0 spiro atoms. The number of fused-ring (bicyclic) bond motifs is 1. The average Bonchev–Trinajstić information content (AvgIpc) is 2.70. The Bertz CT molecular complexity index is 892. The van der Waals surface area contributed by atoms with E-state index in [-0.39, 0.29) is 6.61 Å². The summed E-state index contributed by atoms with van der Waals surface area (Å²) in [5.41, 5.74) is 0.832. The number of nitrogens with one attached hydrogen (secondary N) is 1. The van der Waals surface area contributed by atoms with Crippen LogP contribution in [0.5, 0.6) is 5.75 Å². The molecule has 2 aromatic carbocycles. The van der Waals surface area contributed by atoms with Gasteiger partial charge in [-0.15, -0.1) is 0 Å². The number of carbonyl (C=O) groups excluding carboxylic acids is 1. The number of ether oxygens (including phenoxy) is 1. The Morgan fingerprint density at radius 1 is 1.32 bits per heavy atom. The van der Waals surface area contributed by atoms with Crippen molar-refractivity contribution in [3.05, 3.63) is 65.2 Å². The summed E-state index contributed by atoms with van der Waals surface area (Å²) in [5, 5.41) is 24.0. The average molecular weight is 381 g/mol. The van der Waals surface area contributed by atoms with Gasteiger partial charge in [0.25, 0.3) is 0 Å². The first-order valence-corrected chi connectivity index (χ1v) is 8.96. The lowest BCUT2D eigenvalue weighted by molar-refractivity contribution is -0.203. The minimum absolute atomic E-state index is 0.145. The third-order valence-electron chi connectivity index (χ3n) is 4.72. The number of amides is 2. The Hall–Kier alpha value is -3.08. The van der Waals surface area contributed by atoms with Gasteiger partial charge < -0.3 is 15.2 Å². The Kier molecular flexibility index (Phi) is 5.54. The molecule has 0 fully saturated rings. The largest absolute Gasteiger partial charge is 0.485 e. The summed E-state index contributed by atoms with van der Waals surface area (Å²) in [5.74, 6) is 0.497. The summed E-state index contributed by atoms with van der Waals surface area (Å²) in [6, 6.07) is 15.1. The van der Waals surface area contributed by atoms with Crippen molar-refractivity contribution in [2.45, 2.75) is 38.2 Å². The van der Waals surface area contributed by atoms with E-state index in [2.05, 4.69) is 11.4 Å². The Morgan fingerprint density at radius 2 is 2.04 bits per heavy atom. The van der Waals surface area contributed by atoms with Crippen LogP contribution in [0.3, 0.4) is 0 Å². The van der Waals surface area contributed by atoms with Crippen molar-refractivity contribution in [1.82, 2.24) is 10.4 Å². The minimum Gasteiger partial charge on any atom is -0.485 e. The summed E-state index contributed by atoms with van der Waals surface area (Å²) in [7, 11) is 1.49. The SMILES string of the molecule is CNC(=O)N(OCc1ccccc1)[C@H]1c2cc(C#N)ccc2OC(C)(C)[C@@H]1O. The number of urea groups is 1. The van der Waals surface area contributed by atoms with E-state index in [9.17, 15) is 15.2 Å². The fourth-order valence-electron chi connectivity index (χ4n) is 3.18. The molecule has 2 amide bonds. The first-order valence-electron chi connectivity index (χ1n) is 8.96. The van der Waals surface area contributed by atoms with Crippen molar-refractivity contribution < 1.29 is 19.5 Å². The summed E-state index contributed by atoms with van der Waals surface area (Å²) in [4.78, 5) is 18.5. The predicted octanol–water partition coefficient (Wildman–Crippen LogP) is 2.90. The van der Waals surface area contributed by atoms with Gasteiger partial charge in [-0.2, -0.15) is 10.3 Å². The van der Waals surface area contributed by atoms with E-state index < -0.39 is 23.8 Å². The number of hydroxylamine groups is 2. The Balaban J connectivity index is 2.02. The zero-order chi connectivity index (χ0) is 20.3. The first kappa shape index (κ1) is 19.7. The third-order valence-corrected chi connectivity index (χ3v) is 4.72. The Morgan fingerprint density at radius 3 is 2.68 bits per heavy atom. The summed E-state index contributed by atoms with van der Waals surface area (Å²) in [6.07, 6.45) is -1.08. The maximum atomic E-state index is 12.6. The maximum Gasteiger partial charge on any atom is 0.341 e. The molecular weight excluding hydrogens is 358 g/mol.